The Hall–Kier alpha value is -3.07. The molecule has 3 aromatic rings. The zero-order valence-electron chi connectivity index (χ0n) is 18.6. The summed E-state index contributed by atoms with van der Waals surface area (Å²) in [7, 11) is 0. The molecular formula is C25H27F3N4O2. The number of H-pyrrole nitrogens is 1. The monoisotopic (exact) mass is 472 g/mol. The van der Waals surface area contributed by atoms with E-state index in [-0.39, 0.29) is 5.91 Å². The smallest absolute Gasteiger partial charge is 0.401 e. The van der Waals surface area contributed by atoms with Crippen LogP contribution >= 0.6 is 0 Å². The number of likely N-dealkylation sites (tertiary alicyclic amines) is 1. The van der Waals surface area contributed by atoms with Gasteiger partial charge < -0.3 is 15.0 Å². The zero-order chi connectivity index (χ0) is 23.7. The van der Waals surface area contributed by atoms with Crippen molar-refractivity contribution in [1.29, 1.82) is 0 Å². The maximum Gasteiger partial charge on any atom is 0.401 e. The highest BCUT2D eigenvalue weighted by Gasteiger charge is 2.43. The van der Waals surface area contributed by atoms with Crippen molar-refractivity contribution in [2.45, 2.75) is 25.4 Å². The maximum absolute atomic E-state index is 12.6. The second-order valence-corrected chi connectivity index (χ2v) is 9.38. The fourth-order valence-corrected chi connectivity index (χ4v) is 5.46. The van der Waals surface area contributed by atoms with Gasteiger partial charge in [-0.3, -0.25) is 14.7 Å². The topological polar surface area (TPSA) is 70.2 Å². The molecule has 3 heterocycles. The van der Waals surface area contributed by atoms with Crippen LogP contribution in [-0.4, -0.2) is 53.2 Å². The molecule has 5 rings (SSSR count). The number of benzene rings is 1. The summed E-state index contributed by atoms with van der Waals surface area (Å²) >= 11 is 0. The molecule has 2 N–H and O–H groups in total. The molecule has 1 saturated heterocycles. The van der Waals surface area contributed by atoms with E-state index in [1.165, 1.54) is 0 Å². The third-order valence-corrected chi connectivity index (χ3v) is 6.92. The molecule has 1 amide bonds. The van der Waals surface area contributed by atoms with Crippen LogP contribution in [0.2, 0.25) is 0 Å². The quantitative estimate of drug-likeness (QED) is 0.502. The molecule has 0 spiro atoms. The number of hydrogen-bond acceptors (Lipinski definition) is 4. The summed E-state index contributed by atoms with van der Waals surface area (Å²) in [6.45, 7) is 0.874. The third kappa shape index (κ3) is 5.19. The van der Waals surface area contributed by atoms with Crippen molar-refractivity contribution in [2.75, 3.05) is 31.6 Å². The standard InChI is InChI=1S/C25H27F3N4O2/c26-25(27,28)15-32-13-17-9-16(10-18(17)14-32)6-8-34-19-4-5-21-20(11-19)23(12-30-21)31-24(33)22-3-1-2-7-29-22/h1-5,7,11-12,16-18,30H,6,8-10,13-15H2,(H,31,33)/t16-,17-,18+. The number of aromatic nitrogens is 2. The Bertz CT molecular complexity index is 1130. The third-order valence-electron chi connectivity index (χ3n) is 6.92. The lowest BCUT2D eigenvalue weighted by Crippen LogP contribution is -2.33. The summed E-state index contributed by atoms with van der Waals surface area (Å²) < 4.78 is 43.9. The van der Waals surface area contributed by atoms with Crippen molar-refractivity contribution >= 4 is 22.5 Å². The van der Waals surface area contributed by atoms with Gasteiger partial charge in [-0.1, -0.05) is 6.07 Å². The van der Waals surface area contributed by atoms with Gasteiger partial charge in [-0.05, 0) is 67.3 Å². The first-order chi connectivity index (χ1) is 16.3. The van der Waals surface area contributed by atoms with Crippen LogP contribution in [0.3, 0.4) is 0 Å². The number of amides is 1. The van der Waals surface area contributed by atoms with E-state index >= 15 is 0 Å². The SMILES string of the molecule is O=C(Nc1c[nH]c2ccc(OCC[C@@H]3C[C@@H]4CN(CC(F)(F)F)C[C@@H]4C3)cc12)c1ccccn1. The van der Waals surface area contributed by atoms with Crippen LogP contribution in [0.25, 0.3) is 10.9 Å². The predicted molar refractivity (Wildman–Crippen MR) is 123 cm³/mol. The maximum atomic E-state index is 12.6. The lowest BCUT2D eigenvalue weighted by molar-refractivity contribution is -0.144. The van der Waals surface area contributed by atoms with Crippen molar-refractivity contribution in [2.24, 2.45) is 17.8 Å². The molecular weight excluding hydrogens is 445 g/mol. The van der Waals surface area contributed by atoms with Crippen molar-refractivity contribution in [3.63, 3.8) is 0 Å². The number of rotatable bonds is 7. The molecule has 1 aromatic carbocycles. The molecule has 9 heteroatoms. The first-order valence-corrected chi connectivity index (χ1v) is 11.6. The number of alkyl halides is 3. The number of ether oxygens (including phenoxy) is 1. The molecule has 2 fully saturated rings. The number of carbonyl (C=O) groups excluding carboxylic acids is 1. The van der Waals surface area contributed by atoms with Gasteiger partial charge in [-0.2, -0.15) is 13.2 Å². The Morgan fingerprint density at radius 2 is 1.97 bits per heavy atom. The lowest BCUT2D eigenvalue weighted by Gasteiger charge is -2.20. The molecule has 34 heavy (non-hydrogen) atoms. The average molecular weight is 473 g/mol. The van der Waals surface area contributed by atoms with Crippen LogP contribution in [0, 0.1) is 17.8 Å². The molecule has 3 atom stereocenters. The van der Waals surface area contributed by atoms with Gasteiger partial charge in [0, 0.05) is 36.4 Å². The van der Waals surface area contributed by atoms with Crippen LogP contribution in [0.5, 0.6) is 5.75 Å². The Labute approximate surface area is 195 Å². The summed E-state index contributed by atoms with van der Waals surface area (Å²) in [4.78, 5) is 21.2. The summed E-state index contributed by atoms with van der Waals surface area (Å²) in [6.07, 6.45) is 2.04. The Kier molecular flexibility index (Phi) is 6.20. The highest BCUT2D eigenvalue weighted by Crippen LogP contribution is 2.43. The number of nitrogens with one attached hydrogen (secondary N) is 2. The number of hydrogen-bond donors (Lipinski definition) is 2. The molecule has 1 aliphatic carbocycles. The minimum Gasteiger partial charge on any atom is -0.494 e. The van der Waals surface area contributed by atoms with Crippen LogP contribution in [0.4, 0.5) is 18.9 Å². The molecule has 1 saturated carbocycles. The van der Waals surface area contributed by atoms with Gasteiger partial charge in [0.05, 0.1) is 18.8 Å². The lowest BCUT2D eigenvalue weighted by atomic mass is 10.0. The second kappa shape index (κ2) is 9.29. The highest BCUT2D eigenvalue weighted by molar-refractivity contribution is 6.08. The first kappa shape index (κ1) is 22.7. The highest BCUT2D eigenvalue weighted by atomic mass is 19.4. The second-order valence-electron chi connectivity index (χ2n) is 9.38. The van der Waals surface area contributed by atoms with E-state index in [1.807, 2.05) is 18.2 Å². The zero-order valence-corrected chi connectivity index (χ0v) is 18.6. The van der Waals surface area contributed by atoms with Crippen molar-refractivity contribution in [3.05, 3.63) is 54.5 Å². The van der Waals surface area contributed by atoms with Gasteiger partial charge >= 0.3 is 6.18 Å². The largest absolute Gasteiger partial charge is 0.494 e. The fourth-order valence-electron chi connectivity index (χ4n) is 5.46. The molecule has 6 nitrogen and oxygen atoms in total. The summed E-state index contributed by atoms with van der Waals surface area (Å²) in [5.74, 6) is 1.67. The van der Waals surface area contributed by atoms with E-state index in [9.17, 15) is 18.0 Å². The van der Waals surface area contributed by atoms with E-state index in [1.54, 1.807) is 35.5 Å². The van der Waals surface area contributed by atoms with Crippen LogP contribution in [0.15, 0.2) is 48.8 Å². The number of nitrogens with zero attached hydrogens (tertiary/aromatic N) is 2. The van der Waals surface area contributed by atoms with Crippen LogP contribution in [0.1, 0.15) is 29.8 Å². The van der Waals surface area contributed by atoms with Crippen LogP contribution < -0.4 is 10.1 Å². The Morgan fingerprint density at radius 3 is 2.68 bits per heavy atom. The predicted octanol–water partition coefficient (Wildman–Crippen LogP) is 5.10. The first-order valence-electron chi connectivity index (χ1n) is 11.6. The van der Waals surface area contributed by atoms with Gasteiger partial charge in [0.2, 0.25) is 0 Å². The number of halogens is 3. The summed E-state index contributed by atoms with van der Waals surface area (Å²) in [5, 5.41) is 3.74. The molecule has 0 bridgehead atoms. The van der Waals surface area contributed by atoms with Crippen molar-refractivity contribution in [3.8, 4) is 5.75 Å². The van der Waals surface area contributed by atoms with E-state index in [4.69, 9.17) is 4.74 Å². The molecule has 2 aromatic heterocycles. The minimum absolute atomic E-state index is 0.284. The summed E-state index contributed by atoms with van der Waals surface area (Å²) in [5.41, 5.74) is 1.88. The normalized spacial score (nSPS) is 22.7. The minimum atomic E-state index is -4.12. The van der Waals surface area contributed by atoms with E-state index < -0.39 is 12.7 Å². The van der Waals surface area contributed by atoms with E-state index in [2.05, 4.69) is 15.3 Å². The summed E-state index contributed by atoms with van der Waals surface area (Å²) in [6, 6.07) is 10.9. The molecule has 2 aliphatic rings. The van der Waals surface area contributed by atoms with E-state index in [0.717, 1.165) is 35.9 Å². The number of anilines is 1. The number of fused-ring (bicyclic) bond motifs is 2. The molecule has 180 valence electrons. The van der Waals surface area contributed by atoms with Gasteiger partial charge in [-0.15, -0.1) is 0 Å². The average Bonchev–Trinajstić information content (AvgIpc) is 3.46. The number of carbonyl (C=O) groups is 1. The van der Waals surface area contributed by atoms with Gasteiger partial charge in [0.25, 0.3) is 5.91 Å². The Morgan fingerprint density at radius 1 is 1.18 bits per heavy atom. The van der Waals surface area contributed by atoms with E-state index in [0.29, 0.717) is 48.8 Å². The number of pyridine rings is 1. The molecule has 0 unspecified atom stereocenters. The fraction of sp³-hybridized carbons (Fsp3) is 0.440. The number of aromatic amines is 1. The molecule has 1 aliphatic heterocycles. The van der Waals surface area contributed by atoms with Gasteiger partial charge in [0.1, 0.15) is 11.4 Å². The Balaban J connectivity index is 1.13. The molecule has 0 radical (unpaired) electrons. The van der Waals surface area contributed by atoms with Gasteiger partial charge in [0.15, 0.2) is 0 Å². The van der Waals surface area contributed by atoms with Crippen molar-refractivity contribution in [1.82, 2.24) is 14.9 Å². The van der Waals surface area contributed by atoms with Crippen molar-refractivity contribution < 1.29 is 22.7 Å². The van der Waals surface area contributed by atoms with Gasteiger partial charge in [-0.25, -0.2) is 0 Å². The van der Waals surface area contributed by atoms with Crippen LogP contribution in [-0.2, 0) is 0 Å².